The van der Waals surface area contributed by atoms with Gasteiger partial charge in [-0.3, -0.25) is 9.69 Å². The average molecular weight is 340 g/mol. The molecule has 1 amide bonds. The van der Waals surface area contributed by atoms with Gasteiger partial charge in [-0.2, -0.15) is 0 Å². The Labute approximate surface area is 150 Å². The lowest BCUT2D eigenvalue weighted by Crippen LogP contribution is -2.33. The molecule has 134 valence electrons. The van der Waals surface area contributed by atoms with Crippen LogP contribution in [0.2, 0.25) is 0 Å². The molecule has 0 heterocycles. The summed E-state index contributed by atoms with van der Waals surface area (Å²) >= 11 is 0. The van der Waals surface area contributed by atoms with Crippen LogP contribution >= 0.6 is 0 Å². The molecular formula is C21H28N2O2. The van der Waals surface area contributed by atoms with Gasteiger partial charge in [-0.1, -0.05) is 43.3 Å². The number of hydrogen-bond acceptors (Lipinski definition) is 3. The molecule has 0 aromatic heterocycles. The van der Waals surface area contributed by atoms with Gasteiger partial charge in [0, 0.05) is 17.8 Å². The minimum Gasteiger partial charge on any atom is -0.494 e. The van der Waals surface area contributed by atoms with Crippen LogP contribution in [0.5, 0.6) is 5.75 Å². The summed E-state index contributed by atoms with van der Waals surface area (Å²) in [7, 11) is 0. The van der Waals surface area contributed by atoms with E-state index >= 15 is 0 Å². The molecule has 2 rings (SSSR count). The maximum atomic E-state index is 12.5. The number of anilines is 1. The minimum atomic E-state index is 0.0108. The lowest BCUT2D eigenvalue weighted by atomic mass is 10.1. The van der Waals surface area contributed by atoms with Crippen molar-refractivity contribution in [1.29, 1.82) is 0 Å². The second-order valence-corrected chi connectivity index (χ2v) is 6.11. The van der Waals surface area contributed by atoms with Gasteiger partial charge in [-0.05, 0) is 44.5 Å². The second-order valence-electron chi connectivity index (χ2n) is 6.11. The summed E-state index contributed by atoms with van der Waals surface area (Å²) in [5.74, 6) is 0.905. The van der Waals surface area contributed by atoms with Crippen LogP contribution in [-0.4, -0.2) is 30.5 Å². The van der Waals surface area contributed by atoms with Gasteiger partial charge >= 0.3 is 0 Å². The summed E-state index contributed by atoms with van der Waals surface area (Å²) in [5, 5.41) is 3.01. The first-order chi connectivity index (χ1) is 12.1. The first-order valence-electron chi connectivity index (χ1n) is 8.92. The number of benzene rings is 2. The summed E-state index contributed by atoms with van der Waals surface area (Å²) in [4.78, 5) is 14.6. The number of ether oxygens (including phenoxy) is 1. The fraction of sp³-hybridized carbons (Fsp3) is 0.381. The number of carbonyl (C=O) groups is 1. The van der Waals surface area contributed by atoms with Crippen LogP contribution in [-0.2, 0) is 11.3 Å². The molecule has 0 unspecified atom stereocenters. The normalized spacial score (nSPS) is 10.7. The Morgan fingerprint density at radius 2 is 1.80 bits per heavy atom. The highest BCUT2D eigenvalue weighted by atomic mass is 16.5. The monoisotopic (exact) mass is 340 g/mol. The molecule has 25 heavy (non-hydrogen) atoms. The van der Waals surface area contributed by atoms with Crippen molar-refractivity contribution >= 4 is 11.6 Å². The number of para-hydroxylation sites is 2. The molecule has 0 saturated heterocycles. The van der Waals surface area contributed by atoms with E-state index in [-0.39, 0.29) is 5.91 Å². The topological polar surface area (TPSA) is 41.6 Å². The number of hydrogen-bond donors (Lipinski definition) is 1. The molecule has 0 saturated carbocycles. The fourth-order valence-electron chi connectivity index (χ4n) is 2.81. The van der Waals surface area contributed by atoms with Gasteiger partial charge in [0.25, 0.3) is 0 Å². The zero-order valence-electron chi connectivity index (χ0n) is 15.4. The van der Waals surface area contributed by atoms with Gasteiger partial charge in [0.1, 0.15) is 5.75 Å². The Kier molecular flexibility index (Phi) is 7.48. The smallest absolute Gasteiger partial charge is 0.238 e. The van der Waals surface area contributed by atoms with E-state index in [1.165, 1.54) is 0 Å². The third-order valence-corrected chi connectivity index (χ3v) is 3.99. The Balaban J connectivity index is 2.03. The van der Waals surface area contributed by atoms with Crippen molar-refractivity contribution in [3.8, 4) is 5.75 Å². The Morgan fingerprint density at radius 3 is 2.52 bits per heavy atom. The maximum Gasteiger partial charge on any atom is 0.238 e. The predicted octanol–water partition coefficient (Wildman–Crippen LogP) is 4.24. The lowest BCUT2D eigenvalue weighted by Gasteiger charge is -2.22. The van der Waals surface area contributed by atoms with E-state index in [4.69, 9.17) is 4.74 Å². The summed E-state index contributed by atoms with van der Waals surface area (Å²) in [6.07, 6.45) is 0.994. The summed E-state index contributed by atoms with van der Waals surface area (Å²) in [6.45, 7) is 8.67. The maximum absolute atomic E-state index is 12.5. The summed E-state index contributed by atoms with van der Waals surface area (Å²) in [5.41, 5.74) is 3.06. The largest absolute Gasteiger partial charge is 0.494 e. The number of nitrogens with one attached hydrogen (secondary N) is 1. The van der Waals surface area contributed by atoms with Gasteiger partial charge in [0.15, 0.2) is 0 Å². The van der Waals surface area contributed by atoms with E-state index in [1.807, 2.05) is 56.3 Å². The zero-order valence-corrected chi connectivity index (χ0v) is 15.4. The first kappa shape index (κ1) is 19.0. The SMILES string of the molecule is CCCN(CC(=O)Nc1ccccc1C)Cc1ccccc1OCC. The quantitative estimate of drug-likeness (QED) is 0.742. The summed E-state index contributed by atoms with van der Waals surface area (Å²) < 4.78 is 5.71. The average Bonchev–Trinajstić information content (AvgIpc) is 2.59. The van der Waals surface area contributed by atoms with Crippen molar-refractivity contribution in [3.05, 3.63) is 59.7 Å². The summed E-state index contributed by atoms with van der Waals surface area (Å²) in [6, 6.07) is 15.9. The van der Waals surface area contributed by atoms with E-state index in [9.17, 15) is 4.79 Å². The molecule has 4 nitrogen and oxygen atoms in total. The van der Waals surface area contributed by atoms with Crippen molar-refractivity contribution in [2.75, 3.05) is 25.0 Å². The molecule has 0 aliphatic rings. The van der Waals surface area contributed by atoms with Gasteiger partial charge in [-0.25, -0.2) is 0 Å². The van der Waals surface area contributed by atoms with Gasteiger partial charge in [0.05, 0.1) is 13.2 Å². The molecule has 2 aromatic carbocycles. The number of rotatable bonds is 9. The van der Waals surface area contributed by atoms with E-state index in [0.717, 1.165) is 35.5 Å². The predicted molar refractivity (Wildman–Crippen MR) is 103 cm³/mol. The highest BCUT2D eigenvalue weighted by molar-refractivity contribution is 5.92. The van der Waals surface area contributed by atoms with Crippen LogP contribution in [0.3, 0.4) is 0 Å². The first-order valence-corrected chi connectivity index (χ1v) is 8.92. The van der Waals surface area contributed by atoms with E-state index in [2.05, 4.69) is 23.2 Å². The zero-order chi connectivity index (χ0) is 18.1. The Bertz CT molecular complexity index is 685. The molecule has 0 radical (unpaired) electrons. The van der Waals surface area contributed by atoms with Crippen LogP contribution in [0.4, 0.5) is 5.69 Å². The molecule has 0 spiro atoms. The fourth-order valence-corrected chi connectivity index (χ4v) is 2.81. The third-order valence-electron chi connectivity index (χ3n) is 3.99. The molecule has 0 atom stereocenters. The Morgan fingerprint density at radius 1 is 1.08 bits per heavy atom. The van der Waals surface area contributed by atoms with Crippen molar-refractivity contribution in [2.45, 2.75) is 33.7 Å². The molecule has 2 aromatic rings. The van der Waals surface area contributed by atoms with Crippen LogP contribution in [0, 0.1) is 6.92 Å². The van der Waals surface area contributed by atoms with Crippen LogP contribution < -0.4 is 10.1 Å². The molecular weight excluding hydrogens is 312 g/mol. The van der Waals surface area contributed by atoms with Crippen LogP contribution in [0.15, 0.2) is 48.5 Å². The molecule has 0 aliphatic heterocycles. The number of nitrogens with zero attached hydrogens (tertiary/aromatic N) is 1. The van der Waals surface area contributed by atoms with Crippen molar-refractivity contribution < 1.29 is 9.53 Å². The molecule has 1 N–H and O–H groups in total. The second kappa shape index (κ2) is 9.84. The van der Waals surface area contributed by atoms with Crippen molar-refractivity contribution in [1.82, 2.24) is 4.90 Å². The lowest BCUT2D eigenvalue weighted by molar-refractivity contribution is -0.117. The van der Waals surface area contributed by atoms with Crippen LogP contribution in [0.1, 0.15) is 31.4 Å². The number of amides is 1. The van der Waals surface area contributed by atoms with E-state index in [0.29, 0.717) is 19.7 Å². The van der Waals surface area contributed by atoms with E-state index in [1.54, 1.807) is 0 Å². The minimum absolute atomic E-state index is 0.0108. The van der Waals surface area contributed by atoms with E-state index < -0.39 is 0 Å². The highest BCUT2D eigenvalue weighted by Gasteiger charge is 2.14. The van der Waals surface area contributed by atoms with Crippen LogP contribution in [0.25, 0.3) is 0 Å². The Hall–Kier alpha value is -2.33. The molecule has 4 heteroatoms. The van der Waals surface area contributed by atoms with Crippen molar-refractivity contribution in [2.24, 2.45) is 0 Å². The van der Waals surface area contributed by atoms with Crippen molar-refractivity contribution in [3.63, 3.8) is 0 Å². The standard InChI is InChI=1S/C21H28N2O2/c1-4-14-23(15-18-11-7-9-13-20(18)25-5-2)16-21(24)22-19-12-8-6-10-17(19)3/h6-13H,4-5,14-16H2,1-3H3,(H,22,24). The third kappa shape index (κ3) is 5.91. The van der Waals surface area contributed by atoms with Gasteiger partial charge in [0.2, 0.25) is 5.91 Å². The highest BCUT2D eigenvalue weighted by Crippen LogP contribution is 2.20. The molecule has 0 fully saturated rings. The van der Waals surface area contributed by atoms with Gasteiger partial charge in [-0.15, -0.1) is 0 Å². The van der Waals surface area contributed by atoms with Gasteiger partial charge < -0.3 is 10.1 Å². The number of carbonyl (C=O) groups excluding carboxylic acids is 1. The molecule has 0 aliphatic carbocycles. The number of aryl methyl sites for hydroxylation is 1. The molecule has 0 bridgehead atoms.